The highest BCUT2D eigenvalue weighted by Crippen LogP contribution is 2.28. The summed E-state index contributed by atoms with van der Waals surface area (Å²) >= 11 is 0. The molecule has 1 aliphatic rings. The predicted octanol–water partition coefficient (Wildman–Crippen LogP) is 1.18. The van der Waals surface area contributed by atoms with E-state index in [4.69, 9.17) is 15.3 Å². The molecule has 160 valence electrons. The van der Waals surface area contributed by atoms with Crippen LogP contribution in [0.1, 0.15) is 25.7 Å². The van der Waals surface area contributed by atoms with E-state index in [0.717, 1.165) is 16.4 Å². The van der Waals surface area contributed by atoms with Gasteiger partial charge >= 0.3 is 5.97 Å². The standard InChI is InChI=1S/C19H21FN4O5S/c20-15-6-1-2-8-17(15)30(27,28)24-13-3-7-16(24)19(26)29-14-18(25)23(11-4-9-21)12-5-10-22/h1-2,6,8,16H,3-5,7,11-14H2. The van der Waals surface area contributed by atoms with E-state index in [1.807, 2.05) is 12.1 Å². The SMILES string of the molecule is N#CCCN(CCC#N)C(=O)COC(=O)C1CCCN1S(=O)(=O)c1ccccc1F. The van der Waals surface area contributed by atoms with Gasteiger partial charge in [0.1, 0.15) is 16.8 Å². The zero-order valence-corrected chi connectivity index (χ0v) is 17.0. The third kappa shape index (κ3) is 5.53. The summed E-state index contributed by atoms with van der Waals surface area (Å²) in [6.07, 6.45) is 0.690. The van der Waals surface area contributed by atoms with Crippen LogP contribution in [0.25, 0.3) is 0 Å². The molecule has 11 heteroatoms. The van der Waals surface area contributed by atoms with E-state index >= 15 is 0 Å². The van der Waals surface area contributed by atoms with Crippen molar-refractivity contribution >= 4 is 21.9 Å². The molecule has 1 heterocycles. The number of ether oxygens (including phenoxy) is 1. The van der Waals surface area contributed by atoms with Crippen LogP contribution in [0.15, 0.2) is 29.2 Å². The van der Waals surface area contributed by atoms with Crippen LogP contribution in [-0.2, 0) is 24.3 Å². The number of esters is 1. The fourth-order valence-electron chi connectivity index (χ4n) is 3.10. The van der Waals surface area contributed by atoms with Gasteiger partial charge in [0.05, 0.1) is 25.0 Å². The van der Waals surface area contributed by atoms with Crippen LogP contribution in [0, 0.1) is 28.5 Å². The molecule has 30 heavy (non-hydrogen) atoms. The lowest BCUT2D eigenvalue weighted by Gasteiger charge is -2.24. The molecule has 0 spiro atoms. The largest absolute Gasteiger partial charge is 0.454 e. The minimum absolute atomic E-state index is 0.0286. The Balaban J connectivity index is 2.05. The Morgan fingerprint density at radius 2 is 1.83 bits per heavy atom. The monoisotopic (exact) mass is 436 g/mol. The highest BCUT2D eigenvalue weighted by molar-refractivity contribution is 7.89. The van der Waals surface area contributed by atoms with Gasteiger partial charge in [0, 0.05) is 19.6 Å². The van der Waals surface area contributed by atoms with Gasteiger partial charge in [-0.15, -0.1) is 0 Å². The fraction of sp³-hybridized carbons (Fsp3) is 0.474. The van der Waals surface area contributed by atoms with Gasteiger partial charge in [0.25, 0.3) is 5.91 Å². The molecule has 2 rings (SSSR count). The van der Waals surface area contributed by atoms with E-state index in [-0.39, 0.29) is 38.9 Å². The summed E-state index contributed by atoms with van der Waals surface area (Å²) < 4.78 is 45.5. The van der Waals surface area contributed by atoms with Crippen molar-refractivity contribution in [2.45, 2.75) is 36.6 Å². The number of carbonyl (C=O) groups is 2. The number of benzene rings is 1. The third-order valence-corrected chi connectivity index (χ3v) is 6.52. The molecule has 1 aromatic rings. The molecule has 1 amide bonds. The van der Waals surface area contributed by atoms with E-state index in [1.165, 1.54) is 17.0 Å². The lowest BCUT2D eigenvalue weighted by atomic mass is 10.2. The van der Waals surface area contributed by atoms with Crippen molar-refractivity contribution in [3.8, 4) is 12.1 Å². The second-order valence-electron chi connectivity index (χ2n) is 6.51. The van der Waals surface area contributed by atoms with Crippen LogP contribution in [0.3, 0.4) is 0 Å². The summed E-state index contributed by atoms with van der Waals surface area (Å²) in [7, 11) is -4.25. The Labute approximate surface area is 174 Å². The molecular formula is C19H21FN4O5S. The van der Waals surface area contributed by atoms with Gasteiger partial charge in [0.15, 0.2) is 6.61 Å². The third-order valence-electron chi connectivity index (χ3n) is 4.58. The molecule has 1 atom stereocenters. The predicted molar refractivity (Wildman–Crippen MR) is 101 cm³/mol. The first-order chi connectivity index (χ1) is 14.3. The first-order valence-corrected chi connectivity index (χ1v) is 10.7. The first-order valence-electron chi connectivity index (χ1n) is 9.27. The van der Waals surface area contributed by atoms with E-state index < -0.39 is 45.3 Å². The van der Waals surface area contributed by atoms with Gasteiger partial charge in [-0.2, -0.15) is 14.8 Å². The van der Waals surface area contributed by atoms with E-state index in [1.54, 1.807) is 0 Å². The first kappa shape index (κ1) is 23.3. The van der Waals surface area contributed by atoms with Crippen LogP contribution in [-0.4, -0.2) is 61.8 Å². The molecule has 0 radical (unpaired) electrons. The maximum atomic E-state index is 14.0. The average molecular weight is 436 g/mol. The molecule has 0 aliphatic carbocycles. The Bertz CT molecular complexity index is 952. The molecule has 0 N–H and O–H groups in total. The summed E-state index contributed by atoms with van der Waals surface area (Å²) in [5.41, 5.74) is 0. The maximum absolute atomic E-state index is 14.0. The number of carbonyl (C=O) groups excluding carboxylic acids is 2. The summed E-state index contributed by atoms with van der Waals surface area (Å²) in [6.45, 7) is -0.432. The summed E-state index contributed by atoms with van der Waals surface area (Å²) in [5, 5.41) is 17.4. The van der Waals surface area contributed by atoms with Crippen molar-refractivity contribution in [2.75, 3.05) is 26.2 Å². The molecule has 1 aliphatic heterocycles. The van der Waals surface area contributed by atoms with E-state index in [9.17, 15) is 22.4 Å². The van der Waals surface area contributed by atoms with Gasteiger partial charge in [-0.1, -0.05) is 12.1 Å². The van der Waals surface area contributed by atoms with Crippen LogP contribution in [0.5, 0.6) is 0 Å². The van der Waals surface area contributed by atoms with Crippen LogP contribution < -0.4 is 0 Å². The second-order valence-corrected chi connectivity index (χ2v) is 8.37. The Hall–Kier alpha value is -3.02. The van der Waals surface area contributed by atoms with Crippen LogP contribution >= 0.6 is 0 Å². The maximum Gasteiger partial charge on any atom is 0.324 e. The molecule has 0 saturated carbocycles. The lowest BCUT2D eigenvalue weighted by molar-refractivity contribution is -0.154. The van der Waals surface area contributed by atoms with Crippen molar-refractivity contribution in [1.82, 2.24) is 9.21 Å². The number of hydrogen-bond acceptors (Lipinski definition) is 7. The van der Waals surface area contributed by atoms with E-state index in [0.29, 0.717) is 6.42 Å². The van der Waals surface area contributed by atoms with Gasteiger partial charge in [-0.25, -0.2) is 12.8 Å². The fourth-order valence-corrected chi connectivity index (χ4v) is 4.81. The van der Waals surface area contributed by atoms with Crippen LogP contribution in [0.4, 0.5) is 4.39 Å². The number of amides is 1. The number of nitriles is 2. The minimum Gasteiger partial charge on any atom is -0.454 e. The van der Waals surface area contributed by atoms with Gasteiger partial charge in [0.2, 0.25) is 10.0 Å². The second kappa shape index (κ2) is 10.7. The number of halogens is 1. The molecule has 9 nitrogen and oxygen atoms in total. The van der Waals surface area contributed by atoms with Crippen molar-refractivity contribution < 1.29 is 27.1 Å². The normalized spacial score (nSPS) is 16.4. The molecule has 1 aromatic carbocycles. The highest BCUT2D eigenvalue weighted by atomic mass is 32.2. The number of nitrogens with zero attached hydrogens (tertiary/aromatic N) is 4. The zero-order chi connectivity index (χ0) is 22.1. The molecular weight excluding hydrogens is 415 g/mol. The average Bonchev–Trinajstić information content (AvgIpc) is 3.23. The molecule has 1 fully saturated rings. The minimum atomic E-state index is -4.25. The molecule has 1 saturated heterocycles. The van der Waals surface area contributed by atoms with E-state index in [2.05, 4.69) is 0 Å². The summed E-state index contributed by atoms with van der Waals surface area (Å²) in [4.78, 5) is 25.5. The lowest BCUT2D eigenvalue weighted by Crippen LogP contribution is -2.43. The quantitative estimate of drug-likeness (QED) is 0.531. The van der Waals surface area contributed by atoms with Gasteiger partial charge < -0.3 is 9.64 Å². The van der Waals surface area contributed by atoms with Crippen molar-refractivity contribution in [1.29, 1.82) is 10.5 Å². The Morgan fingerprint density at radius 3 is 2.43 bits per heavy atom. The smallest absolute Gasteiger partial charge is 0.324 e. The number of rotatable bonds is 9. The van der Waals surface area contributed by atoms with Crippen molar-refractivity contribution in [3.63, 3.8) is 0 Å². The molecule has 0 aromatic heterocycles. The highest BCUT2D eigenvalue weighted by Gasteiger charge is 2.41. The zero-order valence-electron chi connectivity index (χ0n) is 16.2. The van der Waals surface area contributed by atoms with Gasteiger partial charge in [-0.3, -0.25) is 9.59 Å². The van der Waals surface area contributed by atoms with Gasteiger partial charge in [-0.05, 0) is 25.0 Å². The summed E-state index contributed by atoms with van der Waals surface area (Å²) in [5.74, 6) is -2.41. The summed E-state index contributed by atoms with van der Waals surface area (Å²) in [6, 6.07) is 7.52. The number of sulfonamides is 1. The van der Waals surface area contributed by atoms with Crippen LogP contribution in [0.2, 0.25) is 0 Å². The van der Waals surface area contributed by atoms with Crippen molar-refractivity contribution in [3.05, 3.63) is 30.1 Å². The molecule has 1 unspecified atom stereocenters. The Kier molecular flexibility index (Phi) is 8.27. The Morgan fingerprint density at radius 1 is 1.20 bits per heavy atom. The van der Waals surface area contributed by atoms with Crippen molar-refractivity contribution in [2.24, 2.45) is 0 Å². The number of hydrogen-bond donors (Lipinski definition) is 0. The molecule has 0 bridgehead atoms. The topological polar surface area (TPSA) is 132 Å².